The maximum absolute atomic E-state index is 10.3. The van der Waals surface area contributed by atoms with Crippen LogP contribution in [0.1, 0.15) is 22.6 Å². The number of β-amino-alcohol motifs (C(OH)–C–C–N with tert-alkyl or cyclic N) is 1. The van der Waals surface area contributed by atoms with Crippen LogP contribution in [0.5, 0.6) is 0 Å². The fraction of sp³-hybridized carbons (Fsp3) is 0.533. The Kier molecular flexibility index (Phi) is 3.63. The Morgan fingerprint density at radius 2 is 2.10 bits per heavy atom. The SMILES string of the molecule is Cc1cc(C[C@@H]2CN(c3ncnc(C)c3C)C[C@H]2O)n[nH]1. The first-order valence-corrected chi connectivity index (χ1v) is 7.26. The van der Waals surface area contributed by atoms with Crippen molar-refractivity contribution in [3.63, 3.8) is 0 Å². The Morgan fingerprint density at radius 1 is 1.29 bits per heavy atom. The lowest BCUT2D eigenvalue weighted by atomic mass is 10.0. The molecule has 0 bridgehead atoms. The van der Waals surface area contributed by atoms with Gasteiger partial charge >= 0.3 is 0 Å². The minimum atomic E-state index is -0.350. The predicted molar refractivity (Wildman–Crippen MR) is 80.2 cm³/mol. The molecule has 1 aliphatic rings. The number of aromatic nitrogens is 4. The number of nitrogens with one attached hydrogen (secondary N) is 1. The number of H-pyrrole nitrogens is 1. The van der Waals surface area contributed by atoms with Crippen molar-refractivity contribution in [2.75, 3.05) is 18.0 Å². The summed E-state index contributed by atoms with van der Waals surface area (Å²) in [6.45, 7) is 7.41. The molecule has 1 saturated heterocycles. The highest BCUT2D eigenvalue weighted by Gasteiger charge is 2.33. The van der Waals surface area contributed by atoms with Crippen LogP contribution in [0.4, 0.5) is 5.82 Å². The van der Waals surface area contributed by atoms with Gasteiger partial charge in [-0.3, -0.25) is 5.10 Å². The van der Waals surface area contributed by atoms with Crippen molar-refractivity contribution >= 4 is 5.82 Å². The molecular weight excluding hydrogens is 266 g/mol. The molecule has 3 rings (SSSR count). The van der Waals surface area contributed by atoms with E-state index in [1.54, 1.807) is 6.33 Å². The summed E-state index contributed by atoms with van der Waals surface area (Å²) in [6, 6.07) is 2.04. The highest BCUT2D eigenvalue weighted by molar-refractivity contribution is 5.48. The van der Waals surface area contributed by atoms with Gasteiger partial charge in [-0.1, -0.05) is 0 Å². The summed E-state index contributed by atoms with van der Waals surface area (Å²) in [4.78, 5) is 10.7. The summed E-state index contributed by atoms with van der Waals surface area (Å²) in [5, 5.41) is 17.5. The number of aryl methyl sites for hydroxylation is 2. The average Bonchev–Trinajstić information content (AvgIpc) is 3.00. The minimum absolute atomic E-state index is 0.183. The molecule has 0 amide bonds. The van der Waals surface area contributed by atoms with Gasteiger partial charge in [0.1, 0.15) is 12.1 Å². The summed E-state index contributed by atoms with van der Waals surface area (Å²) in [7, 11) is 0. The third-order valence-electron chi connectivity index (χ3n) is 4.25. The molecule has 112 valence electrons. The highest BCUT2D eigenvalue weighted by atomic mass is 16.3. The van der Waals surface area contributed by atoms with E-state index < -0.39 is 0 Å². The molecule has 0 aromatic carbocycles. The van der Waals surface area contributed by atoms with Gasteiger partial charge in [0.25, 0.3) is 0 Å². The molecule has 21 heavy (non-hydrogen) atoms. The van der Waals surface area contributed by atoms with Gasteiger partial charge in [-0.15, -0.1) is 0 Å². The van der Waals surface area contributed by atoms with Gasteiger partial charge in [0.15, 0.2) is 0 Å². The molecule has 0 saturated carbocycles. The fourth-order valence-corrected chi connectivity index (χ4v) is 2.92. The number of aromatic amines is 1. The van der Waals surface area contributed by atoms with E-state index in [4.69, 9.17) is 0 Å². The van der Waals surface area contributed by atoms with Crippen molar-refractivity contribution in [1.82, 2.24) is 20.2 Å². The second kappa shape index (κ2) is 5.44. The third-order valence-corrected chi connectivity index (χ3v) is 4.25. The maximum Gasteiger partial charge on any atom is 0.135 e. The molecule has 0 spiro atoms. The van der Waals surface area contributed by atoms with E-state index in [2.05, 4.69) is 25.1 Å². The van der Waals surface area contributed by atoms with Crippen LogP contribution < -0.4 is 4.90 Å². The van der Waals surface area contributed by atoms with Crippen LogP contribution in [-0.4, -0.2) is 44.5 Å². The normalized spacial score (nSPS) is 22.0. The molecule has 1 aliphatic heterocycles. The lowest BCUT2D eigenvalue weighted by Crippen LogP contribution is -2.23. The van der Waals surface area contributed by atoms with Gasteiger partial charge < -0.3 is 10.0 Å². The van der Waals surface area contributed by atoms with E-state index in [1.165, 1.54) is 0 Å². The summed E-state index contributed by atoms with van der Waals surface area (Å²) in [6.07, 6.45) is 2.02. The molecule has 2 aromatic heterocycles. The smallest absolute Gasteiger partial charge is 0.135 e. The Hall–Kier alpha value is -1.95. The van der Waals surface area contributed by atoms with Crippen LogP contribution in [0.3, 0.4) is 0 Å². The number of aliphatic hydroxyl groups is 1. The van der Waals surface area contributed by atoms with Crippen molar-refractivity contribution < 1.29 is 5.11 Å². The zero-order valence-electron chi connectivity index (χ0n) is 12.7. The summed E-state index contributed by atoms with van der Waals surface area (Å²) in [5.41, 5.74) is 4.13. The van der Waals surface area contributed by atoms with Gasteiger partial charge in [0.2, 0.25) is 0 Å². The molecule has 3 heterocycles. The molecule has 2 N–H and O–H groups in total. The third kappa shape index (κ3) is 2.76. The Balaban J connectivity index is 1.75. The molecule has 1 fully saturated rings. The first-order valence-electron chi connectivity index (χ1n) is 7.26. The van der Waals surface area contributed by atoms with Crippen LogP contribution in [0.15, 0.2) is 12.4 Å². The Morgan fingerprint density at radius 3 is 2.81 bits per heavy atom. The minimum Gasteiger partial charge on any atom is -0.391 e. The summed E-state index contributed by atoms with van der Waals surface area (Å²) < 4.78 is 0. The second-order valence-corrected chi connectivity index (χ2v) is 5.89. The molecule has 6 heteroatoms. The predicted octanol–water partition coefficient (Wildman–Crippen LogP) is 1.16. The average molecular weight is 287 g/mol. The van der Waals surface area contributed by atoms with Gasteiger partial charge in [-0.25, -0.2) is 9.97 Å². The summed E-state index contributed by atoms with van der Waals surface area (Å²) in [5.74, 6) is 1.12. The van der Waals surface area contributed by atoms with Crippen LogP contribution in [-0.2, 0) is 6.42 Å². The first kappa shape index (κ1) is 14.0. The largest absolute Gasteiger partial charge is 0.391 e. The maximum atomic E-state index is 10.3. The van der Waals surface area contributed by atoms with Crippen molar-refractivity contribution in [3.8, 4) is 0 Å². The number of hydrogen-bond donors (Lipinski definition) is 2. The highest BCUT2D eigenvalue weighted by Crippen LogP contribution is 2.27. The zero-order chi connectivity index (χ0) is 15.0. The number of anilines is 1. The van der Waals surface area contributed by atoms with Crippen molar-refractivity contribution in [1.29, 1.82) is 0 Å². The molecule has 2 atom stereocenters. The molecular formula is C15H21N5O. The van der Waals surface area contributed by atoms with Crippen LogP contribution in [0, 0.1) is 26.7 Å². The lowest BCUT2D eigenvalue weighted by molar-refractivity contribution is 0.148. The number of aliphatic hydroxyl groups excluding tert-OH is 1. The van der Waals surface area contributed by atoms with Crippen molar-refractivity contribution in [2.24, 2.45) is 5.92 Å². The second-order valence-electron chi connectivity index (χ2n) is 5.89. The van der Waals surface area contributed by atoms with E-state index in [9.17, 15) is 5.11 Å². The number of rotatable bonds is 3. The van der Waals surface area contributed by atoms with E-state index in [1.807, 2.05) is 26.8 Å². The molecule has 2 aromatic rings. The van der Waals surface area contributed by atoms with Crippen molar-refractivity contribution in [2.45, 2.75) is 33.3 Å². The number of hydrogen-bond acceptors (Lipinski definition) is 5. The Labute approximate surface area is 124 Å². The van der Waals surface area contributed by atoms with E-state index in [0.29, 0.717) is 6.54 Å². The van der Waals surface area contributed by atoms with Crippen LogP contribution in [0.25, 0.3) is 0 Å². The monoisotopic (exact) mass is 287 g/mol. The van der Waals surface area contributed by atoms with E-state index in [0.717, 1.165) is 41.4 Å². The van der Waals surface area contributed by atoms with Gasteiger partial charge in [0.05, 0.1) is 11.8 Å². The lowest BCUT2D eigenvalue weighted by Gasteiger charge is -2.19. The van der Waals surface area contributed by atoms with Crippen LogP contribution in [0.2, 0.25) is 0 Å². The molecule has 0 radical (unpaired) electrons. The standard InChI is InChI=1S/C15H21N5O/c1-9-4-13(19-18-9)5-12-6-20(7-14(12)21)15-10(2)11(3)16-8-17-15/h4,8,12,14,21H,5-7H2,1-3H3,(H,18,19)/t12-,14-/m1/s1. The van der Waals surface area contributed by atoms with Gasteiger partial charge in [-0.05, 0) is 33.3 Å². The zero-order valence-corrected chi connectivity index (χ0v) is 12.7. The number of nitrogens with zero attached hydrogens (tertiary/aromatic N) is 4. The first-order chi connectivity index (χ1) is 10.0. The van der Waals surface area contributed by atoms with Crippen LogP contribution >= 0.6 is 0 Å². The summed E-state index contributed by atoms with van der Waals surface area (Å²) >= 11 is 0. The topological polar surface area (TPSA) is 77.9 Å². The Bertz CT molecular complexity index is 639. The quantitative estimate of drug-likeness (QED) is 0.886. The van der Waals surface area contributed by atoms with E-state index >= 15 is 0 Å². The van der Waals surface area contributed by atoms with Gasteiger partial charge in [0, 0.05) is 36.0 Å². The fourth-order valence-electron chi connectivity index (χ4n) is 2.92. The van der Waals surface area contributed by atoms with E-state index in [-0.39, 0.29) is 12.0 Å². The molecule has 6 nitrogen and oxygen atoms in total. The van der Waals surface area contributed by atoms with Gasteiger partial charge in [-0.2, -0.15) is 5.10 Å². The van der Waals surface area contributed by atoms with Crippen molar-refractivity contribution in [3.05, 3.63) is 35.0 Å². The molecule has 0 unspecified atom stereocenters. The molecule has 0 aliphatic carbocycles.